The summed E-state index contributed by atoms with van der Waals surface area (Å²) in [5, 5.41) is 15.0. The number of rotatable bonds is 14. The minimum absolute atomic E-state index is 0.0153. The molecule has 2 atom stereocenters. The van der Waals surface area contributed by atoms with E-state index in [2.05, 4.69) is 10.2 Å². The summed E-state index contributed by atoms with van der Waals surface area (Å²) in [5.74, 6) is -0.269. The van der Waals surface area contributed by atoms with Gasteiger partial charge in [-0.25, -0.2) is 0 Å². The Kier molecular flexibility index (Phi) is 11.6. The molecule has 2 N–H and O–H groups in total. The van der Waals surface area contributed by atoms with Gasteiger partial charge in [0.05, 0.1) is 29.7 Å². The van der Waals surface area contributed by atoms with Gasteiger partial charge in [-0.1, -0.05) is 103 Å². The van der Waals surface area contributed by atoms with Crippen LogP contribution in [0.5, 0.6) is 11.5 Å². The molecule has 1 saturated heterocycles. The molecule has 5 aromatic carbocycles. The van der Waals surface area contributed by atoms with E-state index in [1.165, 1.54) is 0 Å². The Morgan fingerprint density at radius 1 is 0.724 bits per heavy atom. The van der Waals surface area contributed by atoms with E-state index in [1.54, 1.807) is 29.2 Å². The topological polar surface area (TPSA) is 129 Å². The van der Waals surface area contributed by atoms with Crippen LogP contribution in [0.2, 0.25) is 0 Å². The molecule has 1 fully saturated rings. The number of ether oxygens (including phenoxy) is 2. The molecule has 11 heteroatoms. The number of nitrogens with zero attached hydrogens (tertiary/aromatic N) is 3. The summed E-state index contributed by atoms with van der Waals surface area (Å²) < 4.78 is 11.1. The smallest absolute Gasteiger partial charge is 0.262 e. The Morgan fingerprint density at radius 2 is 1.33 bits per heavy atom. The molecule has 11 nitrogen and oxygen atoms in total. The van der Waals surface area contributed by atoms with Crippen LogP contribution < -0.4 is 14.8 Å². The van der Waals surface area contributed by atoms with Gasteiger partial charge in [0.2, 0.25) is 18.6 Å². The molecule has 4 amide bonds. The molecule has 58 heavy (non-hydrogen) atoms. The van der Waals surface area contributed by atoms with E-state index >= 15 is 0 Å². The fourth-order valence-electron chi connectivity index (χ4n) is 8.12. The van der Waals surface area contributed by atoms with Crippen LogP contribution in [-0.4, -0.2) is 94.6 Å². The number of hydrogen-bond acceptors (Lipinski definition) is 8. The molecule has 3 heterocycles. The van der Waals surface area contributed by atoms with Gasteiger partial charge in [0.25, 0.3) is 11.8 Å². The second-order valence-electron chi connectivity index (χ2n) is 15.2. The summed E-state index contributed by atoms with van der Waals surface area (Å²) in [7, 11) is 0. The van der Waals surface area contributed by atoms with E-state index in [0.717, 1.165) is 63.9 Å². The quantitative estimate of drug-likeness (QED) is 0.142. The monoisotopic (exact) mass is 778 g/mol. The molecule has 3 aliphatic heterocycles. The molecule has 296 valence electrons. The average molecular weight is 779 g/mol. The first kappa shape index (κ1) is 38.6. The highest BCUT2D eigenvalue weighted by Crippen LogP contribution is 2.33. The summed E-state index contributed by atoms with van der Waals surface area (Å²) in [6.45, 7) is 1.93. The molecular formula is C47H46N4O7. The number of aliphatic hydroxyl groups excluding tert-OH is 1. The number of amides is 4. The van der Waals surface area contributed by atoms with Gasteiger partial charge < -0.3 is 24.8 Å². The number of fused-ring (bicyclic) bond motifs is 2. The molecule has 3 aliphatic rings. The lowest BCUT2D eigenvalue weighted by Gasteiger charge is -2.40. The van der Waals surface area contributed by atoms with E-state index in [4.69, 9.17) is 9.47 Å². The van der Waals surface area contributed by atoms with Crippen molar-refractivity contribution in [3.05, 3.63) is 155 Å². The van der Waals surface area contributed by atoms with Crippen LogP contribution in [0.15, 0.2) is 127 Å². The largest absolute Gasteiger partial charge is 0.454 e. The molecule has 0 bridgehead atoms. The highest BCUT2D eigenvalue weighted by molar-refractivity contribution is 6.22. The van der Waals surface area contributed by atoms with Crippen molar-refractivity contribution in [2.45, 2.75) is 50.4 Å². The number of benzene rings is 5. The highest BCUT2D eigenvalue weighted by Gasteiger charge is 2.38. The lowest BCUT2D eigenvalue weighted by molar-refractivity contribution is -0.136. The first-order valence-electron chi connectivity index (χ1n) is 19.8. The van der Waals surface area contributed by atoms with Crippen molar-refractivity contribution < 1.29 is 33.8 Å². The molecular weight excluding hydrogens is 733 g/mol. The average Bonchev–Trinajstić information content (AvgIpc) is 3.82. The summed E-state index contributed by atoms with van der Waals surface area (Å²) in [6, 6.07) is 39.0. The van der Waals surface area contributed by atoms with Gasteiger partial charge in [0, 0.05) is 32.2 Å². The van der Waals surface area contributed by atoms with Crippen molar-refractivity contribution in [1.82, 2.24) is 20.0 Å². The number of aliphatic hydroxyl groups is 1. The van der Waals surface area contributed by atoms with E-state index in [9.17, 15) is 24.3 Å². The number of likely N-dealkylation sites (tertiary alicyclic amines) is 1. The molecule has 0 spiro atoms. The van der Waals surface area contributed by atoms with E-state index in [-0.39, 0.29) is 49.3 Å². The minimum atomic E-state index is -1.16. The van der Waals surface area contributed by atoms with Gasteiger partial charge in [-0.05, 0) is 71.3 Å². The maximum absolute atomic E-state index is 14.4. The zero-order valence-electron chi connectivity index (χ0n) is 32.2. The van der Waals surface area contributed by atoms with Crippen molar-refractivity contribution in [1.29, 1.82) is 0 Å². The van der Waals surface area contributed by atoms with Gasteiger partial charge in [-0.2, -0.15) is 0 Å². The first-order chi connectivity index (χ1) is 28.3. The Bertz CT molecular complexity index is 2220. The number of hydrogen-bond donors (Lipinski definition) is 2. The lowest BCUT2D eigenvalue weighted by Crippen LogP contribution is -2.55. The number of imide groups is 1. The zero-order valence-corrected chi connectivity index (χ0v) is 32.2. The van der Waals surface area contributed by atoms with Crippen molar-refractivity contribution in [3.8, 4) is 22.6 Å². The normalized spacial score (nSPS) is 16.2. The predicted molar refractivity (Wildman–Crippen MR) is 218 cm³/mol. The summed E-state index contributed by atoms with van der Waals surface area (Å²) >= 11 is 0. The van der Waals surface area contributed by atoms with Gasteiger partial charge in [-0.3, -0.25) is 29.0 Å². The van der Waals surface area contributed by atoms with E-state index in [1.807, 2.05) is 103 Å². The van der Waals surface area contributed by atoms with Gasteiger partial charge in [0.1, 0.15) is 6.54 Å². The number of piperidine rings is 1. The van der Waals surface area contributed by atoms with Crippen LogP contribution >= 0.6 is 0 Å². The Hall–Kier alpha value is -6.30. The second-order valence-corrected chi connectivity index (χ2v) is 15.2. The number of carbonyl (C=O) groups excluding carboxylic acids is 4. The Labute approximate surface area is 337 Å². The first-order valence-corrected chi connectivity index (χ1v) is 19.8. The number of carbonyl (C=O) groups is 4. The standard InChI is InChI=1S/C47H46N4O7/c52-41(40(25-32-9-3-1-4-10-32)48-44(53)30-51-46(55)38-13-7-8-14-39(38)47(51)56)29-50(45(54)27-33-15-18-36(19-16-33)35-11-5-2-6-12-35)37-21-23-49(24-22-37)28-34-17-20-42-43(26-34)58-31-57-42/h1-20,26,37,40-41,52H,21-25,27-31H2,(H,48,53)/t40-,41-/m0/s1. The predicted octanol–water partition coefficient (Wildman–Crippen LogP) is 5.50. The molecule has 0 saturated carbocycles. The van der Waals surface area contributed by atoms with Crippen LogP contribution in [0.1, 0.15) is 50.2 Å². The van der Waals surface area contributed by atoms with Crippen LogP contribution in [-0.2, 0) is 29.0 Å². The van der Waals surface area contributed by atoms with Gasteiger partial charge in [-0.15, -0.1) is 0 Å². The van der Waals surface area contributed by atoms with Crippen molar-refractivity contribution in [3.63, 3.8) is 0 Å². The third-order valence-corrected chi connectivity index (χ3v) is 11.3. The minimum Gasteiger partial charge on any atom is -0.454 e. The Morgan fingerprint density at radius 3 is 2.02 bits per heavy atom. The van der Waals surface area contributed by atoms with Crippen molar-refractivity contribution in [2.24, 2.45) is 0 Å². The van der Waals surface area contributed by atoms with E-state index in [0.29, 0.717) is 12.8 Å². The van der Waals surface area contributed by atoms with Crippen molar-refractivity contribution in [2.75, 3.05) is 33.0 Å². The van der Waals surface area contributed by atoms with Crippen LogP contribution in [0.25, 0.3) is 11.1 Å². The summed E-state index contributed by atoms with van der Waals surface area (Å²) in [4.78, 5) is 59.3. The van der Waals surface area contributed by atoms with Crippen LogP contribution in [0.4, 0.5) is 0 Å². The summed E-state index contributed by atoms with van der Waals surface area (Å²) in [5.41, 5.74) is 5.51. The lowest BCUT2D eigenvalue weighted by atomic mass is 9.97. The molecule has 0 unspecified atom stereocenters. The third kappa shape index (κ3) is 8.81. The SMILES string of the molecule is O=C(CN1C(=O)c2ccccc2C1=O)N[C@@H](Cc1ccccc1)[C@@H](O)CN(C(=O)Cc1ccc(-c2ccccc2)cc1)C1CCN(Cc2ccc3c(c2)OCO3)CC1. The second kappa shape index (κ2) is 17.5. The Balaban J connectivity index is 0.989. The molecule has 0 radical (unpaired) electrons. The van der Waals surface area contributed by atoms with Crippen molar-refractivity contribution >= 4 is 23.6 Å². The van der Waals surface area contributed by atoms with Gasteiger partial charge in [0.15, 0.2) is 11.5 Å². The summed E-state index contributed by atoms with van der Waals surface area (Å²) in [6.07, 6.45) is 0.653. The third-order valence-electron chi connectivity index (χ3n) is 11.3. The molecule has 5 aromatic rings. The highest BCUT2D eigenvalue weighted by atomic mass is 16.7. The fourth-order valence-corrected chi connectivity index (χ4v) is 8.12. The van der Waals surface area contributed by atoms with Crippen LogP contribution in [0, 0.1) is 0 Å². The van der Waals surface area contributed by atoms with Crippen LogP contribution in [0.3, 0.4) is 0 Å². The van der Waals surface area contributed by atoms with E-state index < -0.39 is 36.4 Å². The fraction of sp³-hybridized carbons (Fsp3) is 0.277. The molecule has 0 aliphatic carbocycles. The zero-order chi connectivity index (χ0) is 40.0. The molecule has 0 aromatic heterocycles. The maximum atomic E-state index is 14.4. The molecule has 8 rings (SSSR count). The maximum Gasteiger partial charge on any atom is 0.262 e. The number of nitrogens with one attached hydrogen (secondary N) is 1. The van der Waals surface area contributed by atoms with Gasteiger partial charge >= 0.3 is 0 Å².